The topological polar surface area (TPSA) is 52.0 Å². The maximum absolute atomic E-state index is 6.00. The molecule has 72 valence electrons. The van der Waals surface area contributed by atoms with Crippen molar-refractivity contribution in [3.8, 4) is 0 Å². The Bertz CT molecular complexity index is 373. The molecule has 2 nitrogen and oxygen atoms in total. The first kappa shape index (κ1) is 10.1. The Labute approximate surface area is 92.5 Å². The van der Waals surface area contributed by atoms with Crippen molar-refractivity contribution >= 4 is 30.5 Å². The third-order valence-electron chi connectivity index (χ3n) is 2.97. The van der Waals surface area contributed by atoms with Gasteiger partial charge in [0.1, 0.15) is 0 Å². The molecule has 0 amide bonds. The molecule has 2 rings (SSSR count). The molecule has 1 aromatic carbocycles. The van der Waals surface area contributed by atoms with Gasteiger partial charge >= 0.3 is 92.7 Å². The minimum absolute atomic E-state index is 0.666. The summed E-state index contributed by atoms with van der Waals surface area (Å²) in [5, 5.41) is 0. The molecule has 1 aliphatic rings. The first-order valence-corrected chi connectivity index (χ1v) is 10.5. The summed E-state index contributed by atoms with van der Waals surface area (Å²) in [5.74, 6) is 0. The Morgan fingerprint density at radius 3 is 2.79 bits per heavy atom. The molecule has 1 heterocycles. The number of hydrogen-bond donors (Lipinski definition) is 2. The second-order valence-electron chi connectivity index (χ2n) is 3.95. The fraction of sp³-hybridized carbons (Fsp3) is 0.273. The molecule has 0 saturated carbocycles. The third-order valence-corrected chi connectivity index (χ3v) is 12.8. The van der Waals surface area contributed by atoms with E-state index in [4.69, 9.17) is 11.5 Å². The summed E-state index contributed by atoms with van der Waals surface area (Å²) in [6, 6.07) is 8.53. The first-order valence-electron chi connectivity index (χ1n) is 5.00. The van der Waals surface area contributed by atoms with E-state index >= 15 is 0 Å². The normalized spacial score (nSPS) is 16.4. The molecule has 14 heavy (non-hydrogen) atoms. The molecule has 3 heteroatoms. The average molecular weight is 290 g/mol. The van der Waals surface area contributed by atoms with Crippen LogP contribution in [0.3, 0.4) is 0 Å². The van der Waals surface area contributed by atoms with E-state index in [0.717, 1.165) is 12.2 Å². The van der Waals surface area contributed by atoms with Gasteiger partial charge in [0.2, 0.25) is 0 Å². The van der Waals surface area contributed by atoms with Gasteiger partial charge < -0.3 is 0 Å². The Hall–Kier alpha value is -0.410. The number of rotatable bonds is 2. The van der Waals surface area contributed by atoms with Gasteiger partial charge in [-0.25, -0.2) is 0 Å². The zero-order chi connectivity index (χ0) is 10.1. The number of benzene rings is 1. The molecule has 0 bridgehead atoms. The second kappa shape index (κ2) is 3.99. The first-order chi connectivity index (χ1) is 6.74. The summed E-state index contributed by atoms with van der Waals surface area (Å²) in [6.07, 6.45) is 0. The fourth-order valence-electron chi connectivity index (χ4n) is 2.04. The zero-order valence-electron chi connectivity index (χ0n) is 8.40. The van der Waals surface area contributed by atoms with Crippen LogP contribution >= 0.6 is 0 Å². The molecular weight excluding hydrogens is 275 g/mol. The summed E-state index contributed by atoms with van der Waals surface area (Å²) >= 11 is -1.78. The molecule has 1 unspecified atom stereocenters. The fourth-order valence-corrected chi connectivity index (χ4v) is 10.4. The molecule has 4 N–H and O–H groups in total. The van der Waals surface area contributed by atoms with Crippen molar-refractivity contribution in [1.82, 2.24) is 0 Å². The van der Waals surface area contributed by atoms with Crippen LogP contribution < -0.4 is 14.8 Å². The number of fused-ring (bicyclic) bond motifs is 1. The number of nitrogens with two attached hydrogens (primary N) is 2. The molecular formula is C11H15InN2. The Morgan fingerprint density at radius 1 is 1.36 bits per heavy atom. The predicted molar refractivity (Wildman–Crippen MR) is 62.5 cm³/mol. The summed E-state index contributed by atoms with van der Waals surface area (Å²) < 4.78 is 4.54. The van der Waals surface area contributed by atoms with E-state index in [9.17, 15) is 0 Å². The summed E-state index contributed by atoms with van der Waals surface area (Å²) in [5.41, 5.74) is 14.0. The maximum atomic E-state index is 6.00. The zero-order valence-corrected chi connectivity index (χ0v) is 11.7. The van der Waals surface area contributed by atoms with Gasteiger partial charge in [-0.2, -0.15) is 0 Å². The standard InChI is InChI=1S/C8H7N.C3H8N.In/c1-7(9)8-5-3-2-4-6-8;1-2-3-4;/h1-5H,9H2;2H,3-4H2,1H3;. The van der Waals surface area contributed by atoms with Crippen molar-refractivity contribution in [1.29, 1.82) is 0 Å². The SMILES string of the molecule is C[CH](CN)[In]1[CH]=C(N)c2cccc[c]21. The van der Waals surface area contributed by atoms with E-state index in [1.165, 1.54) is 8.88 Å². The quantitative estimate of drug-likeness (QED) is 0.837. The molecule has 0 spiro atoms. The molecule has 1 atom stereocenters. The third kappa shape index (κ3) is 1.59. The van der Waals surface area contributed by atoms with Gasteiger partial charge in [0.05, 0.1) is 0 Å². The predicted octanol–water partition coefficient (Wildman–Crippen LogP) is 0.590. The van der Waals surface area contributed by atoms with Crippen LogP contribution in [-0.2, 0) is 0 Å². The van der Waals surface area contributed by atoms with Crippen LogP contribution in [0, 0.1) is 0 Å². The number of hydrogen-bond acceptors (Lipinski definition) is 2. The van der Waals surface area contributed by atoms with Crippen LogP contribution in [0.15, 0.2) is 28.1 Å². The molecule has 0 aliphatic carbocycles. The molecule has 0 saturated heterocycles. The minimum atomic E-state index is -1.78. The van der Waals surface area contributed by atoms with Crippen LogP contribution in [-0.4, -0.2) is 28.0 Å². The van der Waals surface area contributed by atoms with Crippen LogP contribution in [0.2, 0.25) is 3.67 Å². The summed E-state index contributed by atoms with van der Waals surface area (Å²) in [7, 11) is 0. The van der Waals surface area contributed by atoms with E-state index < -0.39 is 21.4 Å². The van der Waals surface area contributed by atoms with Crippen LogP contribution in [0.1, 0.15) is 12.5 Å². The van der Waals surface area contributed by atoms with Gasteiger partial charge in [0.15, 0.2) is 0 Å². The summed E-state index contributed by atoms with van der Waals surface area (Å²) in [6.45, 7) is 3.05. The van der Waals surface area contributed by atoms with E-state index in [1.54, 1.807) is 0 Å². The van der Waals surface area contributed by atoms with E-state index in [2.05, 4.69) is 35.0 Å². The van der Waals surface area contributed by atoms with Gasteiger partial charge in [-0.3, -0.25) is 0 Å². The van der Waals surface area contributed by atoms with Crippen LogP contribution in [0.25, 0.3) is 5.70 Å². The van der Waals surface area contributed by atoms with E-state index in [-0.39, 0.29) is 0 Å². The van der Waals surface area contributed by atoms with Crippen molar-refractivity contribution < 1.29 is 0 Å². The molecule has 0 radical (unpaired) electrons. The van der Waals surface area contributed by atoms with E-state index in [1.807, 2.05) is 0 Å². The van der Waals surface area contributed by atoms with Crippen molar-refractivity contribution in [2.24, 2.45) is 11.5 Å². The van der Waals surface area contributed by atoms with Gasteiger partial charge in [-0.1, -0.05) is 0 Å². The Balaban J connectivity index is 2.41. The van der Waals surface area contributed by atoms with E-state index in [0.29, 0.717) is 3.67 Å². The van der Waals surface area contributed by atoms with Crippen molar-refractivity contribution in [3.63, 3.8) is 0 Å². The van der Waals surface area contributed by atoms with Crippen molar-refractivity contribution in [2.75, 3.05) is 6.54 Å². The van der Waals surface area contributed by atoms with Gasteiger partial charge in [0.25, 0.3) is 0 Å². The molecule has 1 aromatic rings. The summed E-state index contributed by atoms with van der Waals surface area (Å²) in [4.78, 5) is 0. The van der Waals surface area contributed by atoms with Crippen LogP contribution in [0.5, 0.6) is 0 Å². The van der Waals surface area contributed by atoms with Crippen molar-refractivity contribution in [3.05, 3.63) is 33.7 Å². The van der Waals surface area contributed by atoms with Crippen molar-refractivity contribution in [2.45, 2.75) is 10.6 Å². The van der Waals surface area contributed by atoms with Gasteiger partial charge in [0, 0.05) is 0 Å². The second-order valence-corrected chi connectivity index (χ2v) is 12.9. The molecule has 0 fully saturated rings. The van der Waals surface area contributed by atoms with Gasteiger partial charge in [-0.15, -0.1) is 0 Å². The average Bonchev–Trinajstić information content (AvgIpc) is 2.56. The monoisotopic (exact) mass is 290 g/mol. The molecule has 0 aromatic heterocycles. The molecule has 1 aliphatic heterocycles. The Morgan fingerprint density at radius 2 is 2.07 bits per heavy atom. The Kier molecular flexibility index (Phi) is 2.88. The van der Waals surface area contributed by atoms with Crippen LogP contribution in [0.4, 0.5) is 0 Å². The van der Waals surface area contributed by atoms with Gasteiger partial charge in [-0.05, 0) is 0 Å².